The zero-order valence-corrected chi connectivity index (χ0v) is 17.6. The fraction of sp³-hybridized carbons (Fsp3) is 0.350. The molecule has 0 spiro atoms. The maximum Gasteiger partial charge on any atom is 0.221 e. The van der Waals surface area contributed by atoms with Crippen LogP contribution in [0.25, 0.3) is 10.7 Å². The number of rotatable bonds is 10. The van der Waals surface area contributed by atoms with Crippen LogP contribution in [0.1, 0.15) is 18.4 Å². The van der Waals surface area contributed by atoms with E-state index in [0.717, 1.165) is 30.2 Å². The van der Waals surface area contributed by atoms with Crippen LogP contribution < -0.4 is 5.32 Å². The summed E-state index contributed by atoms with van der Waals surface area (Å²) >= 11 is 6.90. The Labute approximate surface area is 174 Å². The number of aromatic nitrogens is 3. The predicted molar refractivity (Wildman–Crippen MR) is 116 cm³/mol. The van der Waals surface area contributed by atoms with Crippen molar-refractivity contribution in [1.29, 1.82) is 0 Å². The molecule has 2 heterocycles. The lowest BCUT2D eigenvalue weighted by atomic mass is 10.2. The molecule has 2 N–H and O–H groups in total. The van der Waals surface area contributed by atoms with Crippen LogP contribution in [0.2, 0.25) is 0 Å². The van der Waals surface area contributed by atoms with E-state index < -0.39 is 0 Å². The Balaban J connectivity index is 1.38. The molecule has 0 aliphatic carbocycles. The highest BCUT2D eigenvalue weighted by molar-refractivity contribution is 7.71. The van der Waals surface area contributed by atoms with Gasteiger partial charge in [0.05, 0.1) is 4.88 Å². The number of thiophene rings is 1. The van der Waals surface area contributed by atoms with E-state index in [1.54, 1.807) is 11.3 Å². The second kappa shape index (κ2) is 10.3. The molecule has 0 unspecified atom stereocenters. The quantitative estimate of drug-likeness (QED) is 0.391. The fourth-order valence-corrected chi connectivity index (χ4v) is 3.92. The van der Waals surface area contributed by atoms with E-state index in [1.807, 2.05) is 28.1 Å². The highest BCUT2D eigenvalue weighted by atomic mass is 32.1. The average molecular weight is 416 g/mol. The first-order chi connectivity index (χ1) is 13.6. The van der Waals surface area contributed by atoms with E-state index in [1.165, 1.54) is 5.56 Å². The number of carbonyl (C=O) groups excluding carboxylic acids is 1. The molecule has 8 heteroatoms. The monoisotopic (exact) mass is 415 g/mol. The van der Waals surface area contributed by atoms with E-state index in [9.17, 15) is 4.79 Å². The zero-order valence-electron chi connectivity index (χ0n) is 15.9. The molecule has 0 fully saturated rings. The first-order valence-corrected chi connectivity index (χ1v) is 10.6. The normalized spacial score (nSPS) is 11.1. The van der Waals surface area contributed by atoms with Crippen LogP contribution in [0.5, 0.6) is 0 Å². The Morgan fingerprint density at radius 1 is 1.29 bits per heavy atom. The number of nitrogens with one attached hydrogen (secondary N) is 2. The SMILES string of the molecule is CN(CCCNC(=O)CCn1c(-c2cccs2)n[nH]c1=S)Cc1ccccc1. The molecule has 3 rings (SSSR count). The molecule has 2 aromatic heterocycles. The van der Waals surface area contributed by atoms with Crippen molar-refractivity contribution in [2.24, 2.45) is 0 Å². The molecule has 1 aromatic carbocycles. The summed E-state index contributed by atoms with van der Waals surface area (Å²) in [6.07, 6.45) is 1.30. The predicted octanol–water partition coefficient (Wildman–Crippen LogP) is 3.70. The molecular formula is C20H25N5OS2. The average Bonchev–Trinajstić information content (AvgIpc) is 3.34. The Morgan fingerprint density at radius 2 is 2.11 bits per heavy atom. The van der Waals surface area contributed by atoms with Crippen molar-refractivity contribution >= 4 is 29.5 Å². The number of benzene rings is 1. The van der Waals surface area contributed by atoms with Gasteiger partial charge in [0.1, 0.15) is 0 Å². The summed E-state index contributed by atoms with van der Waals surface area (Å²) in [7, 11) is 2.10. The third-order valence-electron chi connectivity index (χ3n) is 4.40. The molecule has 28 heavy (non-hydrogen) atoms. The molecule has 1 amide bonds. The lowest BCUT2D eigenvalue weighted by molar-refractivity contribution is -0.121. The maximum atomic E-state index is 12.2. The van der Waals surface area contributed by atoms with Crippen molar-refractivity contribution in [2.45, 2.75) is 25.9 Å². The molecule has 0 atom stereocenters. The van der Waals surface area contributed by atoms with Crippen LogP contribution in [0, 0.1) is 4.77 Å². The summed E-state index contributed by atoms with van der Waals surface area (Å²) < 4.78 is 2.42. The van der Waals surface area contributed by atoms with Gasteiger partial charge >= 0.3 is 0 Å². The third kappa shape index (κ3) is 5.85. The minimum atomic E-state index is 0.0333. The summed E-state index contributed by atoms with van der Waals surface area (Å²) in [6, 6.07) is 14.4. The van der Waals surface area contributed by atoms with Crippen LogP contribution >= 0.6 is 23.6 Å². The smallest absolute Gasteiger partial charge is 0.221 e. The molecule has 0 aliphatic heterocycles. The van der Waals surface area contributed by atoms with Crippen LogP contribution in [-0.2, 0) is 17.9 Å². The molecule has 0 saturated carbocycles. The Kier molecular flexibility index (Phi) is 7.53. The van der Waals surface area contributed by atoms with Crippen LogP contribution in [0.4, 0.5) is 0 Å². The Bertz CT molecular complexity index is 918. The molecule has 148 valence electrons. The summed E-state index contributed by atoms with van der Waals surface area (Å²) in [5, 5.41) is 12.1. The van der Waals surface area contributed by atoms with Gasteiger partial charge in [-0.15, -0.1) is 11.3 Å². The number of H-pyrrole nitrogens is 1. The molecule has 6 nitrogen and oxygen atoms in total. The van der Waals surface area contributed by atoms with Gasteiger partial charge in [-0.25, -0.2) is 0 Å². The lowest BCUT2D eigenvalue weighted by Gasteiger charge is -2.16. The Hall–Kier alpha value is -2.29. The van der Waals surface area contributed by atoms with Gasteiger partial charge in [-0.1, -0.05) is 36.4 Å². The van der Waals surface area contributed by atoms with E-state index >= 15 is 0 Å². The van der Waals surface area contributed by atoms with Crippen LogP contribution in [-0.4, -0.2) is 45.7 Å². The van der Waals surface area contributed by atoms with Gasteiger partial charge in [-0.2, -0.15) is 5.10 Å². The van der Waals surface area contributed by atoms with E-state index in [0.29, 0.717) is 24.3 Å². The second-order valence-electron chi connectivity index (χ2n) is 6.66. The first-order valence-electron chi connectivity index (χ1n) is 9.32. The highest BCUT2D eigenvalue weighted by Gasteiger charge is 2.11. The maximum absolute atomic E-state index is 12.2. The van der Waals surface area contributed by atoms with Crippen molar-refractivity contribution < 1.29 is 4.79 Å². The molecule has 0 aliphatic rings. The van der Waals surface area contributed by atoms with Crippen LogP contribution in [0.3, 0.4) is 0 Å². The topological polar surface area (TPSA) is 66.0 Å². The highest BCUT2D eigenvalue weighted by Crippen LogP contribution is 2.22. The molecule has 0 bridgehead atoms. The van der Waals surface area contributed by atoms with Gasteiger partial charge in [0.2, 0.25) is 5.91 Å². The van der Waals surface area contributed by atoms with Crippen molar-refractivity contribution in [3.63, 3.8) is 0 Å². The number of carbonyl (C=O) groups is 1. The fourth-order valence-electron chi connectivity index (χ4n) is 2.97. The lowest BCUT2D eigenvalue weighted by Crippen LogP contribution is -2.28. The van der Waals surface area contributed by atoms with Gasteiger partial charge in [-0.3, -0.25) is 14.5 Å². The van der Waals surface area contributed by atoms with Gasteiger partial charge < -0.3 is 10.2 Å². The van der Waals surface area contributed by atoms with Crippen molar-refractivity contribution in [3.05, 3.63) is 58.2 Å². The van der Waals surface area contributed by atoms with Crippen molar-refractivity contribution in [3.8, 4) is 10.7 Å². The molecule has 0 saturated heterocycles. The molecule has 0 radical (unpaired) electrons. The molecule has 3 aromatic rings. The Morgan fingerprint density at radius 3 is 2.86 bits per heavy atom. The molecular weight excluding hydrogens is 390 g/mol. The van der Waals surface area contributed by atoms with Gasteiger partial charge in [0.25, 0.3) is 0 Å². The number of aromatic amines is 1. The van der Waals surface area contributed by atoms with Gasteiger partial charge in [-0.05, 0) is 49.2 Å². The summed E-state index contributed by atoms with van der Waals surface area (Å²) in [5.41, 5.74) is 1.30. The van der Waals surface area contributed by atoms with E-state index in [-0.39, 0.29) is 5.91 Å². The summed E-state index contributed by atoms with van der Waals surface area (Å²) in [4.78, 5) is 15.5. The van der Waals surface area contributed by atoms with Crippen LogP contribution in [0.15, 0.2) is 47.8 Å². The second-order valence-corrected chi connectivity index (χ2v) is 7.99. The largest absolute Gasteiger partial charge is 0.356 e. The standard InChI is InChI=1S/C20H25N5OS2/c1-24(15-16-7-3-2-4-8-16)12-6-11-21-18(26)10-13-25-19(22-23-20(25)27)17-9-5-14-28-17/h2-5,7-9,14H,6,10-13,15H2,1H3,(H,21,26)(H,23,27). The van der Waals surface area contributed by atoms with E-state index in [2.05, 4.69) is 51.7 Å². The number of hydrogen-bond donors (Lipinski definition) is 2. The minimum absolute atomic E-state index is 0.0333. The van der Waals surface area contributed by atoms with Crippen molar-refractivity contribution in [2.75, 3.05) is 20.1 Å². The minimum Gasteiger partial charge on any atom is -0.356 e. The van der Waals surface area contributed by atoms with Gasteiger partial charge in [0.15, 0.2) is 10.6 Å². The number of hydrogen-bond acceptors (Lipinski definition) is 5. The number of nitrogens with zero attached hydrogens (tertiary/aromatic N) is 3. The van der Waals surface area contributed by atoms with Crippen molar-refractivity contribution in [1.82, 2.24) is 25.0 Å². The van der Waals surface area contributed by atoms with Gasteiger partial charge in [0, 0.05) is 26.1 Å². The summed E-state index contributed by atoms with van der Waals surface area (Å²) in [6.45, 7) is 3.04. The van der Waals surface area contributed by atoms with E-state index in [4.69, 9.17) is 12.2 Å². The third-order valence-corrected chi connectivity index (χ3v) is 5.57. The first kappa shape index (κ1) is 20.4. The number of amides is 1. The zero-order chi connectivity index (χ0) is 19.8. The summed E-state index contributed by atoms with van der Waals surface area (Å²) in [5.74, 6) is 0.821.